The molecule has 6 heteroatoms. The fourth-order valence-electron chi connectivity index (χ4n) is 3.03. The second kappa shape index (κ2) is 8.37. The molecule has 2 heterocycles. The SMILES string of the molecule is CNC1CCCN(Cc2csc(CC(=O)Nc3ccccc3)n2)C1. The van der Waals surface area contributed by atoms with E-state index in [0.717, 1.165) is 36.0 Å². The zero-order valence-electron chi connectivity index (χ0n) is 14.0. The predicted molar refractivity (Wildman–Crippen MR) is 98.2 cm³/mol. The maximum Gasteiger partial charge on any atom is 0.231 e. The van der Waals surface area contributed by atoms with Gasteiger partial charge in [-0.1, -0.05) is 18.2 Å². The smallest absolute Gasteiger partial charge is 0.231 e. The van der Waals surface area contributed by atoms with Crippen LogP contribution in [0.2, 0.25) is 0 Å². The molecule has 0 aliphatic carbocycles. The van der Waals surface area contributed by atoms with Gasteiger partial charge in [0, 0.05) is 30.2 Å². The summed E-state index contributed by atoms with van der Waals surface area (Å²) < 4.78 is 0. The Bertz CT molecular complexity index is 658. The lowest BCUT2D eigenvalue weighted by molar-refractivity contribution is -0.115. The number of benzene rings is 1. The molecule has 3 rings (SSSR count). The van der Waals surface area contributed by atoms with Gasteiger partial charge in [0.15, 0.2) is 0 Å². The normalized spacial score (nSPS) is 18.5. The molecule has 128 valence electrons. The van der Waals surface area contributed by atoms with E-state index in [4.69, 9.17) is 0 Å². The van der Waals surface area contributed by atoms with Crippen molar-refractivity contribution in [3.63, 3.8) is 0 Å². The Labute approximate surface area is 147 Å². The number of carbonyl (C=O) groups excluding carboxylic acids is 1. The summed E-state index contributed by atoms with van der Waals surface area (Å²) in [7, 11) is 2.03. The van der Waals surface area contributed by atoms with Gasteiger partial charge in [-0.05, 0) is 38.6 Å². The van der Waals surface area contributed by atoms with Gasteiger partial charge >= 0.3 is 0 Å². The Morgan fingerprint density at radius 2 is 2.21 bits per heavy atom. The number of amides is 1. The first kappa shape index (κ1) is 17.1. The molecule has 1 aliphatic rings. The molecule has 1 saturated heterocycles. The lowest BCUT2D eigenvalue weighted by Gasteiger charge is -2.31. The molecule has 1 aromatic heterocycles. The van der Waals surface area contributed by atoms with Gasteiger partial charge in [-0.3, -0.25) is 9.69 Å². The first-order valence-electron chi connectivity index (χ1n) is 8.41. The largest absolute Gasteiger partial charge is 0.326 e. The summed E-state index contributed by atoms with van der Waals surface area (Å²) in [6.45, 7) is 3.06. The number of nitrogens with zero attached hydrogens (tertiary/aromatic N) is 2. The average molecular weight is 344 g/mol. The van der Waals surface area contributed by atoms with E-state index in [1.807, 2.05) is 37.4 Å². The number of para-hydroxylation sites is 1. The van der Waals surface area contributed by atoms with E-state index >= 15 is 0 Å². The summed E-state index contributed by atoms with van der Waals surface area (Å²) >= 11 is 1.57. The zero-order valence-corrected chi connectivity index (χ0v) is 14.8. The van der Waals surface area contributed by atoms with Gasteiger partial charge in [0.05, 0.1) is 12.1 Å². The van der Waals surface area contributed by atoms with Gasteiger partial charge < -0.3 is 10.6 Å². The minimum atomic E-state index is -0.0182. The van der Waals surface area contributed by atoms with Crippen molar-refractivity contribution in [1.29, 1.82) is 0 Å². The highest BCUT2D eigenvalue weighted by atomic mass is 32.1. The van der Waals surface area contributed by atoms with Gasteiger partial charge in [0.1, 0.15) is 5.01 Å². The van der Waals surface area contributed by atoms with Crippen molar-refractivity contribution in [2.75, 3.05) is 25.5 Å². The highest BCUT2D eigenvalue weighted by molar-refractivity contribution is 7.09. The molecule has 24 heavy (non-hydrogen) atoms. The van der Waals surface area contributed by atoms with Crippen molar-refractivity contribution in [3.8, 4) is 0 Å². The van der Waals surface area contributed by atoms with Crippen LogP contribution in [-0.4, -0.2) is 42.0 Å². The number of hydrogen-bond donors (Lipinski definition) is 2. The Morgan fingerprint density at radius 3 is 3.00 bits per heavy atom. The molecule has 2 aromatic rings. The van der Waals surface area contributed by atoms with Crippen LogP contribution in [0.15, 0.2) is 35.7 Å². The fourth-order valence-corrected chi connectivity index (χ4v) is 3.81. The number of piperidine rings is 1. The van der Waals surface area contributed by atoms with E-state index in [-0.39, 0.29) is 5.91 Å². The van der Waals surface area contributed by atoms with Crippen LogP contribution in [0.4, 0.5) is 5.69 Å². The number of aromatic nitrogens is 1. The molecule has 0 radical (unpaired) electrons. The average Bonchev–Trinajstić information content (AvgIpc) is 3.02. The van der Waals surface area contributed by atoms with E-state index in [1.54, 1.807) is 11.3 Å². The van der Waals surface area contributed by atoms with Gasteiger partial charge in [-0.25, -0.2) is 4.98 Å². The van der Waals surface area contributed by atoms with E-state index in [1.165, 1.54) is 12.8 Å². The Balaban J connectivity index is 1.51. The monoisotopic (exact) mass is 344 g/mol. The first-order chi connectivity index (χ1) is 11.7. The molecule has 1 aromatic carbocycles. The molecule has 1 aliphatic heterocycles. The summed E-state index contributed by atoms with van der Waals surface area (Å²) in [6.07, 6.45) is 2.80. The zero-order chi connectivity index (χ0) is 16.8. The summed E-state index contributed by atoms with van der Waals surface area (Å²) in [5.74, 6) is -0.0182. The van der Waals surface area contributed by atoms with Crippen LogP contribution >= 0.6 is 11.3 Å². The van der Waals surface area contributed by atoms with E-state index in [0.29, 0.717) is 12.5 Å². The van der Waals surface area contributed by atoms with Crippen LogP contribution in [0, 0.1) is 0 Å². The summed E-state index contributed by atoms with van der Waals surface area (Å²) in [6, 6.07) is 10.1. The van der Waals surface area contributed by atoms with E-state index in [9.17, 15) is 4.79 Å². The lowest BCUT2D eigenvalue weighted by Crippen LogP contribution is -2.43. The van der Waals surface area contributed by atoms with Crippen LogP contribution in [0.5, 0.6) is 0 Å². The third-order valence-corrected chi connectivity index (χ3v) is 5.17. The number of rotatable bonds is 6. The molecule has 0 saturated carbocycles. The second-order valence-electron chi connectivity index (χ2n) is 6.19. The first-order valence-corrected chi connectivity index (χ1v) is 9.28. The molecule has 2 N–H and O–H groups in total. The van der Waals surface area contributed by atoms with Crippen LogP contribution in [-0.2, 0) is 17.8 Å². The highest BCUT2D eigenvalue weighted by Gasteiger charge is 2.19. The molecule has 1 fully saturated rings. The maximum absolute atomic E-state index is 12.1. The standard InChI is InChI=1S/C18H24N4OS/c1-19-15-8-5-9-22(11-15)12-16-13-24-18(21-16)10-17(23)20-14-6-3-2-4-7-14/h2-4,6-7,13,15,19H,5,8-12H2,1H3,(H,20,23). The molecular formula is C18H24N4OS. The van der Waals surface area contributed by atoms with E-state index in [2.05, 4.69) is 25.9 Å². The molecule has 1 unspecified atom stereocenters. The van der Waals surface area contributed by atoms with Gasteiger partial charge in [-0.15, -0.1) is 11.3 Å². The van der Waals surface area contributed by atoms with Crippen LogP contribution in [0.3, 0.4) is 0 Å². The highest BCUT2D eigenvalue weighted by Crippen LogP contribution is 2.17. The molecule has 0 spiro atoms. The number of anilines is 1. The van der Waals surface area contributed by atoms with Crippen molar-refractivity contribution >= 4 is 22.9 Å². The van der Waals surface area contributed by atoms with Crippen molar-refractivity contribution in [1.82, 2.24) is 15.2 Å². The Kier molecular flexibility index (Phi) is 5.96. The molecular weight excluding hydrogens is 320 g/mol. The van der Waals surface area contributed by atoms with Gasteiger partial charge in [0.25, 0.3) is 0 Å². The minimum absolute atomic E-state index is 0.0182. The van der Waals surface area contributed by atoms with Crippen molar-refractivity contribution in [3.05, 3.63) is 46.4 Å². The Morgan fingerprint density at radius 1 is 1.38 bits per heavy atom. The third-order valence-electron chi connectivity index (χ3n) is 4.27. The maximum atomic E-state index is 12.1. The molecule has 5 nitrogen and oxygen atoms in total. The summed E-state index contributed by atoms with van der Waals surface area (Å²) in [5.41, 5.74) is 1.89. The van der Waals surface area contributed by atoms with Gasteiger partial charge in [-0.2, -0.15) is 0 Å². The number of likely N-dealkylation sites (tertiary alicyclic amines) is 1. The fraction of sp³-hybridized carbons (Fsp3) is 0.444. The van der Waals surface area contributed by atoms with Crippen molar-refractivity contribution < 1.29 is 4.79 Å². The van der Waals surface area contributed by atoms with Crippen LogP contribution < -0.4 is 10.6 Å². The van der Waals surface area contributed by atoms with Crippen LogP contribution in [0.25, 0.3) is 0 Å². The second-order valence-corrected chi connectivity index (χ2v) is 7.13. The summed E-state index contributed by atoms with van der Waals surface area (Å²) in [4.78, 5) is 19.2. The predicted octanol–water partition coefficient (Wildman–Crippen LogP) is 2.51. The van der Waals surface area contributed by atoms with Crippen molar-refractivity contribution in [2.24, 2.45) is 0 Å². The van der Waals surface area contributed by atoms with E-state index < -0.39 is 0 Å². The van der Waals surface area contributed by atoms with Crippen LogP contribution in [0.1, 0.15) is 23.5 Å². The number of thiazole rings is 1. The number of nitrogens with one attached hydrogen (secondary N) is 2. The topological polar surface area (TPSA) is 57.3 Å². The number of likely N-dealkylation sites (N-methyl/N-ethyl adjacent to an activating group) is 1. The quantitative estimate of drug-likeness (QED) is 0.845. The molecule has 1 amide bonds. The van der Waals surface area contributed by atoms with Gasteiger partial charge in [0.2, 0.25) is 5.91 Å². The Hall–Kier alpha value is -1.76. The summed E-state index contributed by atoms with van der Waals surface area (Å²) in [5, 5.41) is 9.22. The lowest BCUT2D eigenvalue weighted by atomic mass is 10.1. The number of carbonyl (C=O) groups is 1. The minimum Gasteiger partial charge on any atom is -0.326 e. The number of hydrogen-bond acceptors (Lipinski definition) is 5. The third kappa shape index (κ3) is 4.87. The molecule has 0 bridgehead atoms. The van der Waals surface area contributed by atoms with Crippen molar-refractivity contribution in [2.45, 2.75) is 31.8 Å². The molecule has 1 atom stereocenters.